The zero-order valence-electron chi connectivity index (χ0n) is 20.7. The molecule has 9 nitrogen and oxygen atoms in total. The van der Waals surface area contributed by atoms with E-state index in [2.05, 4.69) is 25.2 Å². The quantitative estimate of drug-likeness (QED) is 0.406. The fourth-order valence-electron chi connectivity index (χ4n) is 4.47. The predicted octanol–water partition coefficient (Wildman–Crippen LogP) is 5.27. The number of hydrogen-bond donors (Lipinski definition) is 2. The second-order valence-corrected chi connectivity index (χ2v) is 9.68. The van der Waals surface area contributed by atoms with E-state index in [1.165, 1.54) is 29.4 Å². The summed E-state index contributed by atoms with van der Waals surface area (Å²) in [4.78, 5) is 29.8. The van der Waals surface area contributed by atoms with Gasteiger partial charge in [-0.25, -0.2) is 19.7 Å². The molecule has 2 N–H and O–H groups in total. The summed E-state index contributed by atoms with van der Waals surface area (Å²) in [5.74, 6) is 0.640. The number of pyridine rings is 1. The number of benzene rings is 1. The standard InChI is InChI=1S/C25H24ClF3N6O3.ClH/c1-14(11-36)12-38-21-9-20(30-13-31-21)32-24(37)35-17-5-6-34(10-17)19-8-18(26)22(33-23(19)35)15-3-2-4-16(7-15)25(27,28)29;/h2-4,7-9,13-14,17,36H,5-6,10-12H2,1H3,(H,30,31,32,37);1H/t14-,17+;/m1./s1. The smallest absolute Gasteiger partial charge is 0.416 e. The van der Waals surface area contributed by atoms with E-state index < -0.39 is 17.8 Å². The Kier molecular flexibility index (Phi) is 8.38. The van der Waals surface area contributed by atoms with Crippen molar-refractivity contribution in [2.75, 3.05) is 41.4 Å². The van der Waals surface area contributed by atoms with Crippen molar-refractivity contribution in [1.82, 2.24) is 15.0 Å². The number of aromatic nitrogens is 3. The average molecular weight is 585 g/mol. The molecule has 3 aromatic rings. The number of carbonyl (C=O) groups is 1. The number of hydrogen-bond acceptors (Lipinski definition) is 7. The number of nitrogens with zero attached hydrogens (tertiary/aromatic N) is 5. The highest BCUT2D eigenvalue weighted by Crippen LogP contribution is 2.43. The van der Waals surface area contributed by atoms with Crippen LogP contribution in [-0.4, -0.2) is 58.4 Å². The Morgan fingerprint density at radius 1 is 1.28 bits per heavy atom. The third-order valence-corrected chi connectivity index (χ3v) is 6.71. The molecule has 2 atom stereocenters. The molecular formula is C25H25Cl2F3N6O3. The molecule has 4 heterocycles. The summed E-state index contributed by atoms with van der Waals surface area (Å²) >= 11 is 6.50. The molecule has 2 aliphatic heterocycles. The highest BCUT2D eigenvalue weighted by Gasteiger charge is 2.41. The van der Waals surface area contributed by atoms with Crippen molar-refractivity contribution in [2.24, 2.45) is 5.92 Å². The lowest BCUT2D eigenvalue weighted by Gasteiger charge is -2.36. The Morgan fingerprint density at radius 2 is 2.08 bits per heavy atom. The molecular weight excluding hydrogens is 560 g/mol. The molecule has 0 spiro atoms. The van der Waals surface area contributed by atoms with Gasteiger partial charge in [-0.2, -0.15) is 13.2 Å². The molecule has 5 rings (SSSR count). The minimum atomic E-state index is -4.52. The van der Waals surface area contributed by atoms with Crippen molar-refractivity contribution in [2.45, 2.75) is 25.6 Å². The summed E-state index contributed by atoms with van der Waals surface area (Å²) in [5.41, 5.74) is 0.140. The van der Waals surface area contributed by atoms with Crippen molar-refractivity contribution < 1.29 is 27.8 Å². The minimum absolute atomic E-state index is 0. The van der Waals surface area contributed by atoms with Gasteiger partial charge in [-0.3, -0.25) is 10.2 Å². The van der Waals surface area contributed by atoms with Crippen molar-refractivity contribution >= 4 is 47.4 Å². The number of halogens is 5. The first kappa shape index (κ1) is 28.7. The Balaban J connectivity index is 0.00000353. The first-order valence-corrected chi connectivity index (χ1v) is 12.3. The number of anilines is 3. The van der Waals surface area contributed by atoms with Gasteiger partial charge in [0.2, 0.25) is 5.88 Å². The summed E-state index contributed by atoms with van der Waals surface area (Å²) in [5, 5.41) is 12.1. The number of ether oxygens (including phenoxy) is 1. The van der Waals surface area contributed by atoms with Crippen LogP contribution in [-0.2, 0) is 6.18 Å². The van der Waals surface area contributed by atoms with E-state index >= 15 is 0 Å². The van der Waals surface area contributed by atoms with Gasteiger partial charge < -0.3 is 14.7 Å². The largest absolute Gasteiger partial charge is 0.477 e. The van der Waals surface area contributed by atoms with Crippen LogP contribution in [0.25, 0.3) is 11.3 Å². The lowest BCUT2D eigenvalue weighted by atomic mass is 10.1. The van der Waals surface area contributed by atoms with Gasteiger partial charge in [-0.05, 0) is 24.6 Å². The molecule has 39 heavy (non-hydrogen) atoms. The zero-order valence-corrected chi connectivity index (χ0v) is 22.2. The van der Waals surface area contributed by atoms with Gasteiger partial charge in [0.25, 0.3) is 0 Å². The summed E-state index contributed by atoms with van der Waals surface area (Å²) in [6.45, 7) is 3.26. The number of carbonyl (C=O) groups excluding carboxylic acids is 1. The molecule has 2 amide bonds. The molecule has 1 saturated heterocycles. The maximum absolute atomic E-state index is 13.5. The van der Waals surface area contributed by atoms with Crippen LogP contribution in [0.4, 0.5) is 35.3 Å². The van der Waals surface area contributed by atoms with Crippen molar-refractivity contribution in [3.05, 3.63) is 53.3 Å². The van der Waals surface area contributed by atoms with Gasteiger partial charge >= 0.3 is 12.2 Å². The number of alkyl halides is 3. The average Bonchev–Trinajstić information content (AvgIpc) is 3.31. The fraction of sp³-hybridized carbons (Fsp3) is 0.360. The molecule has 0 saturated carbocycles. The molecule has 0 unspecified atom stereocenters. The molecule has 0 radical (unpaired) electrons. The van der Waals surface area contributed by atoms with Gasteiger partial charge in [-0.1, -0.05) is 30.7 Å². The molecule has 2 bridgehead atoms. The maximum Gasteiger partial charge on any atom is 0.416 e. The molecule has 0 aliphatic carbocycles. The SMILES string of the molecule is C[C@H](CO)COc1cc(NC(=O)N2c3nc(-c4cccc(C(F)(F)F)c4)c(Cl)cc3N3CC[C@H]2C3)ncn1.Cl. The number of amides is 2. The number of aliphatic hydroxyl groups is 1. The third-order valence-electron chi connectivity index (χ3n) is 6.42. The van der Waals surface area contributed by atoms with E-state index in [1.54, 1.807) is 6.07 Å². The van der Waals surface area contributed by atoms with Crippen LogP contribution in [0.15, 0.2) is 42.7 Å². The van der Waals surface area contributed by atoms with Gasteiger partial charge in [0.1, 0.15) is 12.1 Å². The van der Waals surface area contributed by atoms with E-state index in [-0.39, 0.29) is 65.6 Å². The number of urea groups is 1. The Morgan fingerprint density at radius 3 is 2.82 bits per heavy atom. The van der Waals surface area contributed by atoms with Crippen LogP contribution in [0.5, 0.6) is 5.88 Å². The van der Waals surface area contributed by atoms with E-state index in [4.69, 9.17) is 16.3 Å². The first-order valence-electron chi connectivity index (χ1n) is 11.9. The van der Waals surface area contributed by atoms with Crippen molar-refractivity contribution in [1.29, 1.82) is 0 Å². The van der Waals surface area contributed by atoms with Crippen LogP contribution in [0.3, 0.4) is 0 Å². The van der Waals surface area contributed by atoms with E-state index in [1.807, 2.05) is 6.92 Å². The number of aliphatic hydroxyl groups excluding tert-OH is 1. The number of fused-ring (bicyclic) bond motifs is 4. The Labute approximate surface area is 233 Å². The monoisotopic (exact) mass is 584 g/mol. The lowest BCUT2D eigenvalue weighted by Crippen LogP contribution is -2.48. The van der Waals surface area contributed by atoms with Crippen LogP contribution < -0.4 is 19.9 Å². The highest BCUT2D eigenvalue weighted by atomic mass is 35.5. The molecule has 1 fully saturated rings. The zero-order chi connectivity index (χ0) is 27.0. The highest BCUT2D eigenvalue weighted by molar-refractivity contribution is 6.33. The normalized spacial score (nSPS) is 16.8. The summed E-state index contributed by atoms with van der Waals surface area (Å²) in [6, 6.07) is 7.16. The van der Waals surface area contributed by atoms with Gasteiger partial charge in [0.15, 0.2) is 5.82 Å². The fourth-order valence-corrected chi connectivity index (χ4v) is 4.72. The van der Waals surface area contributed by atoms with Crippen molar-refractivity contribution in [3.63, 3.8) is 0 Å². The van der Waals surface area contributed by atoms with Gasteiger partial charge in [0, 0.05) is 37.2 Å². The summed E-state index contributed by atoms with van der Waals surface area (Å²) in [7, 11) is 0. The van der Waals surface area contributed by atoms with Crippen LogP contribution in [0.1, 0.15) is 18.9 Å². The van der Waals surface area contributed by atoms with Gasteiger partial charge in [-0.15, -0.1) is 12.4 Å². The summed E-state index contributed by atoms with van der Waals surface area (Å²) in [6.07, 6.45) is -2.60. The second-order valence-electron chi connectivity index (χ2n) is 9.27. The van der Waals surface area contributed by atoms with Crippen LogP contribution in [0.2, 0.25) is 5.02 Å². The molecule has 14 heteroatoms. The molecule has 2 aromatic heterocycles. The van der Waals surface area contributed by atoms with Gasteiger partial charge in [0.05, 0.1) is 34.6 Å². The first-order chi connectivity index (χ1) is 18.1. The topological polar surface area (TPSA) is 104 Å². The molecule has 208 valence electrons. The second kappa shape index (κ2) is 11.4. The van der Waals surface area contributed by atoms with E-state index in [0.29, 0.717) is 31.0 Å². The van der Waals surface area contributed by atoms with E-state index in [0.717, 1.165) is 12.1 Å². The summed E-state index contributed by atoms with van der Waals surface area (Å²) < 4.78 is 45.5. The minimum Gasteiger partial charge on any atom is -0.477 e. The number of nitrogens with one attached hydrogen (secondary N) is 1. The third kappa shape index (κ3) is 5.97. The lowest BCUT2D eigenvalue weighted by molar-refractivity contribution is -0.137. The van der Waals surface area contributed by atoms with Crippen LogP contribution in [0, 0.1) is 5.92 Å². The predicted molar refractivity (Wildman–Crippen MR) is 143 cm³/mol. The van der Waals surface area contributed by atoms with E-state index in [9.17, 15) is 23.1 Å². The van der Waals surface area contributed by atoms with Crippen LogP contribution >= 0.6 is 24.0 Å². The molecule has 2 aliphatic rings. The van der Waals surface area contributed by atoms with Crippen molar-refractivity contribution in [3.8, 4) is 17.1 Å². The molecule has 1 aromatic carbocycles. The Bertz CT molecular complexity index is 1360. The maximum atomic E-state index is 13.5. The Hall–Kier alpha value is -3.35. The number of rotatable bonds is 6.